The standard InChI is InChI=1S/C18H28N2O/c1-6-9-17(7-2)11-8-10-15(3)12-18(21)16(4)13-20-14-19-5/h8-10,13-14,16H,3,6-7,11-12H2,1-2,4-5H3/b10-8?,17-9-,19-14?,20-13?. The fraction of sp³-hybridized carbons (Fsp3) is 0.500. The number of nitrogens with zero attached hydrogens (tertiary/aromatic N) is 2. The molecular weight excluding hydrogens is 260 g/mol. The van der Waals surface area contributed by atoms with E-state index < -0.39 is 0 Å². The van der Waals surface area contributed by atoms with Crippen LogP contribution in [0.2, 0.25) is 0 Å². The van der Waals surface area contributed by atoms with E-state index in [1.165, 1.54) is 11.9 Å². The van der Waals surface area contributed by atoms with Crippen LogP contribution in [0.4, 0.5) is 0 Å². The number of rotatable bonds is 10. The number of hydrogen-bond donors (Lipinski definition) is 0. The lowest BCUT2D eigenvalue weighted by Crippen LogP contribution is -2.12. The van der Waals surface area contributed by atoms with Crippen LogP contribution < -0.4 is 0 Å². The quantitative estimate of drug-likeness (QED) is 0.251. The lowest BCUT2D eigenvalue weighted by atomic mass is 10.0. The molecule has 0 fully saturated rings. The summed E-state index contributed by atoms with van der Waals surface area (Å²) >= 11 is 0. The first kappa shape index (κ1) is 19.2. The average molecular weight is 288 g/mol. The molecule has 0 amide bonds. The third-order valence-electron chi connectivity index (χ3n) is 3.08. The first-order valence-corrected chi connectivity index (χ1v) is 7.53. The SMILES string of the molecule is C=C(C=CC/C(=C\CC)CC)CC(=O)C(C)C=NC=NC. The Morgan fingerprint density at radius 3 is 2.62 bits per heavy atom. The van der Waals surface area contributed by atoms with Crippen LogP contribution in [-0.4, -0.2) is 25.4 Å². The Balaban J connectivity index is 4.30. The molecule has 0 spiro atoms. The van der Waals surface area contributed by atoms with Crippen LogP contribution in [0.25, 0.3) is 0 Å². The Hall–Kier alpha value is -1.77. The highest BCUT2D eigenvalue weighted by Crippen LogP contribution is 2.11. The molecular formula is C18H28N2O. The molecule has 116 valence electrons. The van der Waals surface area contributed by atoms with Gasteiger partial charge in [0.1, 0.15) is 12.1 Å². The van der Waals surface area contributed by atoms with Crippen molar-refractivity contribution in [1.29, 1.82) is 0 Å². The number of aliphatic imine (C=N–C) groups is 2. The van der Waals surface area contributed by atoms with Crippen LogP contribution in [0, 0.1) is 5.92 Å². The molecule has 3 heteroatoms. The van der Waals surface area contributed by atoms with Gasteiger partial charge >= 0.3 is 0 Å². The van der Waals surface area contributed by atoms with E-state index >= 15 is 0 Å². The lowest BCUT2D eigenvalue weighted by molar-refractivity contribution is -0.119. The minimum atomic E-state index is -0.209. The second kappa shape index (κ2) is 12.0. The number of ketones is 1. The normalized spacial score (nSPS) is 14.4. The lowest BCUT2D eigenvalue weighted by Gasteiger charge is -2.04. The molecule has 0 saturated heterocycles. The first-order valence-electron chi connectivity index (χ1n) is 7.53. The summed E-state index contributed by atoms with van der Waals surface area (Å²) in [6.07, 6.45) is 12.8. The highest BCUT2D eigenvalue weighted by atomic mass is 16.1. The Kier molecular flexibility index (Phi) is 11.0. The van der Waals surface area contributed by atoms with Gasteiger partial charge in [-0.15, -0.1) is 0 Å². The van der Waals surface area contributed by atoms with Crippen LogP contribution in [0.3, 0.4) is 0 Å². The molecule has 1 atom stereocenters. The molecule has 0 N–H and O–H groups in total. The van der Waals surface area contributed by atoms with Crippen LogP contribution in [0.5, 0.6) is 0 Å². The Labute approximate surface area is 129 Å². The van der Waals surface area contributed by atoms with E-state index in [0.717, 1.165) is 24.8 Å². The summed E-state index contributed by atoms with van der Waals surface area (Å²) in [6.45, 7) is 10.1. The van der Waals surface area contributed by atoms with Crippen molar-refractivity contribution in [2.75, 3.05) is 7.05 Å². The number of carbonyl (C=O) groups excluding carboxylic acids is 1. The fourth-order valence-electron chi connectivity index (χ4n) is 1.80. The van der Waals surface area contributed by atoms with E-state index in [1.807, 2.05) is 13.0 Å². The van der Waals surface area contributed by atoms with Gasteiger partial charge in [0.05, 0.1) is 5.92 Å². The van der Waals surface area contributed by atoms with E-state index in [9.17, 15) is 4.79 Å². The zero-order valence-corrected chi connectivity index (χ0v) is 13.8. The maximum Gasteiger partial charge on any atom is 0.145 e. The molecule has 0 rings (SSSR count). The van der Waals surface area contributed by atoms with Gasteiger partial charge in [-0.2, -0.15) is 0 Å². The predicted molar refractivity (Wildman–Crippen MR) is 93.3 cm³/mol. The molecule has 0 aromatic carbocycles. The highest BCUT2D eigenvalue weighted by Gasteiger charge is 2.10. The third kappa shape index (κ3) is 9.72. The van der Waals surface area contributed by atoms with Crippen molar-refractivity contribution in [3.8, 4) is 0 Å². The van der Waals surface area contributed by atoms with E-state index in [2.05, 4.69) is 42.6 Å². The van der Waals surface area contributed by atoms with Crippen molar-refractivity contribution < 1.29 is 4.79 Å². The van der Waals surface area contributed by atoms with E-state index in [1.54, 1.807) is 13.3 Å². The zero-order chi connectivity index (χ0) is 16.1. The molecule has 0 aromatic rings. The van der Waals surface area contributed by atoms with Crippen LogP contribution in [0.1, 0.15) is 46.5 Å². The molecule has 0 bridgehead atoms. The van der Waals surface area contributed by atoms with E-state index in [0.29, 0.717) is 6.42 Å². The van der Waals surface area contributed by atoms with Gasteiger partial charge in [0, 0.05) is 19.7 Å². The van der Waals surface area contributed by atoms with Gasteiger partial charge in [0.15, 0.2) is 0 Å². The molecule has 3 nitrogen and oxygen atoms in total. The maximum absolute atomic E-state index is 12.0. The minimum Gasteiger partial charge on any atom is -0.299 e. The van der Waals surface area contributed by atoms with Gasteiger partial charge in [-0.3, -0.25) is 9.79 Å². The Morgan fingerprint density at radius 2 is 2.05 bits per heavy atom. The van der Waals surface area contributed by atoms with E-state index in [4.69, 9.17) is 0 Å². The summed E-state index contributed by atoms with van der Waals surface area (Å²) in [5, 5.41) is 0. The number of Topliss-reactive ketones (excluding diaryl/α,β-unsaturated/α-hetero) is 1. The smallest absolute Gasteiger partial charge is 0.145 e. The second-order valence-corrected chi connectivity index (χ2v) is 4.99. The largest absolute Gasteiger partial charge is 0.299 e. The predicted octanol–water partition coefficient (Wildman–Crippen LogP) is 4.56. The van der Waals surface area contributed by atoms with Crippen LogP contribution in [0.15, 0.2) is 45.9 Å². The molecule has 0 aliphatic heterocycles. The van der Waals surface area contributed by atoms with Crippen LogP contribution in [-0.2, 0) is 4.79 Å². The fourth-order valence-corrected chi connectivity index (χ4v) is 1.80. The second-order valence-electron chi connectivity index (χ2n) is 4.99. The van der Waals surface area contributed by atoms with Crippen molar-refractivity contribution in [2.24, 2.45) is 15.9 Å². The minimum absolute atomic E-state index is 0.123. The summed E-state index contributed by atoms with van der Waals surface area (Å²) in [6, 6.07) is 0. The molecule has 0 radical (unpaired) electrons. The summed E-state index contributed by atoms with van der Waals surface area (Å²) in [5.74, 6) is -0.0861. The van der Waals surface area contributed by atoms with Gasteiger partial charge in [-0.25, -0.2) is 4.99 Å². The summed E-state index contributed by atoms with van der Waals surface area (Å²) in [7, 11) is 1.65. The van der Waals surface area contributed by atoms with Gasteiger partial charge in [-0.1, -0.05) is 51.2 Å². The van der Waals surface area contributed by atoms with Crippen molar-refractivity contribution in [3.63, 3.8) is 0 Å². The Morgan fingerprint density at radius 1 is 1.33 bits per heavy atom. The monoisotopic (exact) mass is 288 g/mol. The Bertz CT molecular complexity index is 442. The van der Waals surface area contributed by atoms with Gasteiger partial charge in [0.25, 0.3) is 0 Å². The molecule has 0 heterocycles. The van der Waals surface area contributed by atoms with E-state index in [-0.39, 0.29) is 11.7 Å². The van der Waals surface area contributed by atoms with Gasteiger partial charge in [-0.05, 0) is 24.8 Å². The molecule has 1 unspecified atom stereocenters. The topological polar surface area (TPSA) is 41.8 Å². The number of hydrogen-bond acceptors (Lipinski definition) is 2. The molecule has 0 saturated carbocycles. The summed E-state index contributed by atoms with van der Waals surface area (Å²) < 4.78 is 0. The average Bonchev–Trinajstić information content (AvgIpc) is 2.46. The zero-order valence-electron chi connectivity index (χ0n) is 13.8. The number of carbonyl (C=O) groups is 1. The van der Waals surface area contributed by atoms with Crippen molar-refractivity contribution in [2.45, 2.75) is 46.5 Å². The van der Waals surface area contributed by atoms with Crippen molar-refractivity contribution >= 4 is 18.3 Å². The summed E-state index contributed by atoms with van der Waals surface area (Å²) in [4.78, 5) is 19.6. The van der Waals surface area contributed by atoms with Crippen molar-refractivity contribution in [3.05, 3.63) is 36.0 Å². The molecule has 0 aliphatic rings. The molecule has 0 aliphatic carbocycles. The highest BCUT2D eigenvalue weighted by molar-refractivity contribution is 5.97. The molecule has 21 heavy (non-hydrogen) atoms. The third-order valence-corrected chi connectivity index (χ3v) is 3.08. The maximum atomic E-state index is 12.0. The van der Waals surface area contributed by atoms with Crippen molar-refractivity contribution in [1.82, 2.24) is 0 Å². The van der Waals surface area contributed by atoms with Crippen LogP contribution >= 0.6 is 0 Å². The van der Waals surface area contributed by atoms with Gasteiger partial charge in [0.2, 0.25) is 0 Å². The summed E-state index contributed by atoms with van der Waals surface area (Å²) in [5.41, 5.74) is 2.27. The van der Waals surface area contributed by atoms with Gasteiger partial charge < -0.3 is 0 Å². The molecule has 0 aromatic heterocycles. The first-order chi connectivity index (χ1) is 10.0. The number of allylic oxidation sites excluding steroid dienone is 5.